The maximum atomic E-state index is 5.94. The highest BCUT2D eigenvalue weighted by atomic mass is 32.1. The Kier molecular flexibility index (Phi) is 1.58. The van der Waals surface area contributed by atoms with Gasteiger partial charge >= 0.3 is 0 Å². The fourth-order valence-electron chi connectivity index (χ4n) is 1.37. The Morgan fingerprint density at radius 1 is 1.25 bits per heavy atom. The summed E-state index contributed by atoms with van der Waals surface area (Å²) in [5.74, 6) is 0. The molecule has 12 heavy (non-hydrogen) atoms. The van der Waals surface area contributed by atoms with Gasteiger partial charge in [-0.1, -0.05) is 6.07 Å². The highest BCUT2D eigenvalue weighted by Gasteiger charge is 2.03. The molecule has 2 N–H and O–H groups in total. The van der Waals surface area contributed by atoms with Gasteiger partial charge in [-0.25, -0.2) is 0 Å². The minimum atomic E-state index is 0.928. The molecule has 0 fully saturated rings. The zero-order valence-electron chi connectivity index (χ0n) is 7.22. The summed E-state index contributed by atoms with van der Waals surface area (Å²) in [5, 5.41) is 1.21. The van der Waals surface area contributed by atoms with E-state index in [1.54, 1.807) is 11.3 Å². The number of rotatable bonds is 0. The monoisotopic (exact) mass is 177 g/mol. The van der Waals surface area contributed by atoms with Crippen LogP contribution in [0.1, 0.15) is 10.4 Å². The van der Waals surface area contributed by atoms with Gasteiger partial charge in [0, 0.05) is 20.7 Å². The number of thiophene rings is 1. The molecule has 0 saturated carbocycles. The number of nitrogens with two attached hydrogens (primary N) is 1. The van der Waals surface area contributed by atoms with Crippen molar-refractivity contribution in [1.82, 2.24) is 0 Å². The molecule has 1 aromatic heterocycles. The molecule has 0 spiro atoms. The SMILES string of the molecule is Cc1cc2c(N)c(C)ccc2s1. The lowest BCUT2D eigenvalue weighted by Crippen LogP contribution is -1.88. The molecule has 0 unspecified atom stereocenters. The van der Waals surface area contributed by atoms with Gasteiger partial charge in [0.25, 0.3) is 0 Å². The smallest absolute Gasteiger partial charge is 0.0432 e. The van der Waals surface area contributed by atoms with Crippen LogP contribution >= 0.6 is 11.3 Å². The Morgan fingerprint density at radius 2 is 2.00 bits per heavy atom. The number of hydrogen-bond donors (Lipinski definition) is 1. The van der Waals surface area contributed by atoms with E-state index in [4.69, 9.17) is 5.73 Å². The van der Waals surface area contributed by atoms with E-state index in [1.165, 1.54) is 20.5 Å². The molecular formula is C10H11NS. The predicted octanol–water partition coefficient (Wildman–Crippen LogP) is 3.10. The van der Waals surface area contributed by atoms with Crippen molar-refractivity contribution < 1.29 is 0 Å². The van der Waals surface area contributed by atoms with Gasteiger partial charge in [0.15, 0.2) is 0 Å². The highest BCUT2D eigenvalue weighted by Crippen LogP contribution is 2.31. The second-order valence-corrected chi connectivity index (χ2v) is 4.35. The summed E-state index contributed by atoms with van der Waals surface area (Å²) in [4.78, 5) is 1.32. The number of fused-ring (bicyclic) bond motifs is 1. The van der Waals surface area contributed by atoms with E-state index in [9.17, 15) is 0 Å². The third-order valence-corrected chi connectivity index (χ3v) is 3.10. The van der Waals surface area contributed by atoms with Crippen LogP contribution in [0.4, 0.5) is 5.69 Å². The van der Waals surface area contributed by atoms with Gasteiger partial charge in [-0.3, -0.25) is 0 Å². The molecule has 0 aliphatic carbocycles. The first kappa shape index (κ1) is 7.62. The normalized spacial score (nSPS) is 10.8. The van der Waals surface area contributed by atoms with Crippen molar-refractivity contribution in [2.75, 3.05) is 5.73 Å². The summed E-state index contributed by atoms with van der Waals surface area (Å²) in [7, 11) is 0. The molecule has 2 aromatic rings. The third kappa shape index (κ3) is 0.994. The molecular weight excluding hydrogens is 166 g/mol. The van der Waals surface area contributed by atoms with Gasteiger partial charge in [0.2, 0.25) is 0 Å². The molecule has 0 radical (unpaired) electrons. The van der Waals surface area contributed by atoms with Gasteiger partial charge in [0.1, 0.15) is 0 Å². The summed E-state index contributed by atoms with van der Waals surface area (Å²) in [6.07, 6.45) is 0. The summed E-state index contributed by atoms with van der Waals surface area (Å²) in [6.45, 7) is 4.15. The van der Waals surface area contributed by atoms with Crippen LogP contribution in [0.3, 0.4) is 0 Å². The highest BCUT2D eigenvalue weighted by molar-refractivity contribution is 7.19. The first-order valence-electron chi connectivity index (χ1n) is 3.93. The van der Waals surface area contributed by atoms with Crippen molar-refractivity contribution >= 4 is 27.1 Å². The first-order valence-corrected chi connectivity index (χ1v) is 4.75. The molecule has 0 amide bonds. The zero-order chi connectivity index (χ0) is 8.72. The Bertz CT molecular complexity index is 429. The van der Waals surface area contributed by atoms with E-state index in [0.29, 0.717) is 0 Å². The van der Waals surface area contributed by atoms with Gasteiger partial charge in [-0.2, -0.15) is 0 Å². The Labute approximate surface area is 75.8 Å². The molecule has 1 nitrogen and oxygen atoms in total. The van der Waals surface area contributed by atoms with Crippen LogP contribution in [0.25, 0.3) is 10.1 Å². The summed E-state index contributed by atoms with van der Waals surface area (Å²) < 4.78 is 1.29. The molecule has 0 aliphatic rings. The van der Waals surface area contributed by atoms with Crippen LogP contribution in [0.2, 0.25) is 0 Å². The van der Waals surface area contributed by atoms with Gasteiger partial charge in [0.05, 0.1) is 0 Å². The number of aryl methyl sites for hydroxylation is 2. The molecule has 1 heterocycles. The number of nitrogen functional groups attached to an aromatic ring is 1. The topological polar surface area (TPSA) is 26.0 Å². The van der Waals surface area contributed by atoms with Gasteiger partial charge < -0.3 is 5.73 Å². The van der Waals surface area contributed by atoms with Crippen LogP contribution in [0.5, 0.6) is 0 Å². The average molecular weight is 177 g/mol. The molecule has 2 rings (SSSR count). The Morgan fingerprint density at radius 3 is 2.75 bits per heavy atom. The standard InChI is InChI=1S/C10H11NS/c1-6-3-4-9-8(10(6)11)5-7(2)12-9/h3-5H,11H2,1-2H3. The van der Waals surface area contributed by atoms with Crippen molar-refractivity contribution in [3.63, 3.8) is 0 Å². The fourth-order valence-corrected chi connectivity index (χ4v) is 2.31. The summed E-state index contributed by atoms with van der Waals surface area (Å²) >= 11 is 1.79. The lowest BCUT2D eigenvalue weighted by Gasteiger charge is -1.99. The molecule has 0 atom stereocenters. The van der Waals surface area contributed by atoms with E-state index in [1.807, 2.05) is 6.92 Å². The lowest BCUT2D eigenvalue weighted by molar-refractivity contribution is 1.51. The number of anilines is 1. The quantitative estimate of drug-likeness (QED) is 0.615. The van der Waals surface area contributed by atoms with Gasteiger partial charge in [-0.05, 0) is 31.5 Å². The molecule has 0 bridgehead atoms. The zero-order valence-corrected chi connectivity index (χ0v) is 8.03. The fraction of sp³-hybridized carbons (Fsp3) is 0.200. The molecule has 2 heteroatoms. The van der Waals surface area contributed by atoms with Crippen molar-refractivity contribution in [1.29, 1.82) is 0 Å². The minimum Gasteiger partial charge on any atom is -0.398 e. The largest absolute Gasteiger partial charge is 0.398 e. The molecule has 0 saturated heterocycles. The van der Waals surface area contributed by atoms with Crippen LogP contribution in [0.15, 0.2) is 18.2 Å². The maximum absolute atomic E-state index is 5.94. The van der Waals surface area contributed by atoms with Crippen LogP contribution in [0, 0.1) is 13.8 Å². The summed E-state index contributed by atoms with van der Waals surface area (Å²) in [6, 6.07) is 6.37. The number of hydrogen-bond acceptors (Lipinski definition) is 2. The second kappa shape index (κ2) is 2.49. The van der Waals surface area contributed by atoms with Crippen LogP contribution < -0.4 is 5.73 Å². The molecule has 62 valence electrons. The first-order chi connectivity index (χ1) is 5.68. The third-order valence-electron chi connectivity index (χ3n) is 2.08. The van der Waals surface area contributed by atoms with Crippen LogP contribution in [-0.4, -0.2) is 0 Å². The van der Waals surface area contributed by atoms with Crippen molar-refractivity contribution in [2.45, 2.75) is 13.8 Å². The minimum absolute atomic E-state index is 0.928. The maximum Gasteiger partial charge on any atom is 0.0432 e. The lowest BCUT2D eigenvalue weighted by atomic mass is 10.1. The van der Waals surface area contributed by atoms with Gasteiger partial charge in [-0.15, -0.1) is 11.3 Å². The van der Waals surface area contributed by atoms with E-state index >= 15 is 0 Å². The van der Waals surface area contributed by atoms with E-state index in [0.717, 1.165) is 5.69 Å². The average Bonchev–Trinajstić information content (AvgIpc) is 2.39. The Balaban J connectivity index is 2.89. The van der Waals surface area contributed by atoms with E-state index in [-0.39, 0.29) is 0 Å². The van der Waals surface area contributed by atoms with Crippen molar-refractivity contribution in [2.24, 2.45) is 0 Å². The Hall–Kier alpha value is -1.02. The summed E-state index contributed by atoms with van der Waals surface area (Å²) in [5.41, 5.74) is 8.03. The predicted molar refractivity (Wildman–Crippen MR) is 55.7 cm³/mol. The van der Waals surface area contributed by atoms with E-state index in [2.05, 4.69) is 25.1 Å². The van der Waals surface area contributed by atoms with Crippen molar-refractivity contribution in [3.8, 4) is 0 Å². The molecule has 0 aliphatic heterocycles. The number of benzene rings is 1. The van der Waals surface area contributed by atoms with E-state index < -0.39 is 0 Å². The van der Waals surface area contributed by atoms with Crippen molar-refractivity contribution in [3.05, 3.63) is 28.6 Å². The second-order valence-electron chi connectivity index (χ2n) is 3.06. The van der Waals surface area contributed by atoms with Crippen LogP contribution in [-0.2, 0) is 0 Å². The molecule has 1 aromatic carbocycles.